The van der Waals surface area contributed by atoms with E-state index in [1.165, 1.54) is 0 Å². The van der Waals surface area contributed by atoms with E-state index < -0.39 is 0 Å². The number of nitrogens with zero attached hydrogens (tertiary/aromatic N) is 3. The summed E-state index contributed by atoms with van der Waals surface area (Å²) in [6.45, 7) is 1.84. The molecular weight excluding hydrogens is 310 g/mol. The van der Waals surface area contributed by atoms with Crippen molar-refractivity contribution in [2.24, 2.45) is 0 Å². The molecule has 24 heavy (non-hydrogen) atoms. The van der Waals surface area contributed by atoms with Gasteiger partial charge in [-0.25, -0.2) is 4.98 Å². The standard InChI is InChI=1S/C17H19N3O4/c21-16(8-13-2-1-6-22-13)20-11-17(12-20)9-14(3-7-23-17)24-15-10-18-4-5-19-15/h1-2,4-6,10,14H,3,7-9,11-12H2. The lowest BCUT2D eigenvalue weighted by atomic mass is 9.84. The van der Waals surface area contributed by atoms with Crippen LogP contribution in [0.5, 0.6) is 5.88 Å². The van der Waals surface area contributed by atoms with Crippen LogP contribution in [0.2, 0.25) is 0 Å². The number of aromatic nitrogens is 2. The highest BCUT2D eigenvalue weighted by Crippen LogP contribution is 2.35. The predicted molar refractivity (Wildman–Crippen MR) is 83.4 cm³/mol. The third-order valence-electron chi connectivity index (χ3n) is 4.49. The van der Waals surface area contributed by atoms with E-state index in [4.69, 9.17) is 13.9 Å². The van der Waals surface area contributed by atoms with Gasteiger partial charge in [-0.3, -0.25) is 9.78 Å². The number of rotatable bonds is 4. The molecule has 0 radical (unpaired) electrons. The second kappa shape index (κ2) is 6.24. The van der Waals surface area contributed by atoms with Gasteiger partial charge in [-0.15, -0.1) is 0 Å². The van der Waals surface area contributed by atoms with Crippen LogP contribution in [0.1, 0.15) is 18.6 Å². The topological polar surface area (TPSA) is 77.7 Å². The van der Waals surface area contributed by atoms with Gasteiger partial charge in [-0.05, 0) is 12.1 Å². The molecule has 0 aromatic carbocycles. The van der Waals surface area contributed by atoms with Gasteiger partial charge < -0.3 is 18.8 Å². The van der Waals surface area contributed by atoms with Crippen LogP contribution in [0.25, 0.3) is 0 Å². The lowest BCUT2D eigenvalue weighted by Gasteiger charge is -2.52. The first-order valence-electron chi connectivity index (χ1n) is 8.09. The Kier molecular flexibility index (Phi) is 3.93. The SMILES string of the molecule is O=C(Cc1ccco1)N1CC2(CC(Oc3cnccn3)CCO2)C1. The molecular formula is C17H19N3O4. The lowest BCUT2D eigenvalue weighted by Crippen LogP contribution is -2.67. The molecule has 0 N–H and O–H groups in total. The van der Waals surface area contributed by atoms with E-state index in [2.05, 4.69) is 9.97 Å². The molecule has 4 heterocycles. The summed E-state index contributed by atoms with van der Waals surface area (Å²) >= 11 is 0. The number of hydrogen-bond donors (Lipinski definition) is 0. The molecule has 1 amide bonds. The lowest BCUT2D eigenvalue weighted by molar-refractivity contribution is -0.193. The smallest absolute Gasteiger partial charge is 0.232 e. The third kappa shape index (κ3) is 3.12. The number of carbonyl (C=O) groups is 1. The molecule has 2 aromatic heterocycles. The molecule has 7 heteroatoms. The summed E-state index contributed by atoms with van der Waals surface area (Å²) in [7, 11) is 0. The Bertz CT molecular complexity index is 683. The number of likely N-dealkylation sites (tertiary alicyclic amines) is 1. The van der Waals surface area contributed by atoms with Gasteiger partial charge in [-0.2, -0.15) is 0 Å². The van der Waals surface area contributed by atoms with Crippen molar-refractivity contribution in [1.29, 1.82) is 0 Å². The highest BCUT2D eigenvalue weighted by molar-refractivity contribution is 5.79. The highest BCUT2D eigenvalue weighted by Gasteiger charge is 2.49. The summed E-state index contributed by atoms with van der Waals surface area (Å²) in [5.41, 5.74) is -0.288. The summed E-state index contributed by atoms with van der Waals surface area (Å²) in [4.78, 5) is 22.2. The first kappa shape index (κ1) is 15.1. The van der Waals surface area contributed by atoms with Crippen molar-refractivity contribution < 1.29 is 18.7 Å². The molecule has 2 saturated heterocycles. The summed E-state index contributed by atoms with van der Waals surface area (Å²) < 4.78 is 17.1. The van der Waals surface area contributed by atoms with Crippen LogP contribution < -0.4 is 4.74 Å². The zero-order chi connectivity index (χ0) is 16.4. The van der Waals surface area contributed by atoms with Gasteiger partial charge in [0.25, 0.3) is 0 Å². The van der Waals surface area contributed by atoms with Crippen LogP contribution in [0.15, 0.2) is 41.4 Å². The first-order chi connectivity index (χ1) is 11.7. The van der Waals surface area contributed by atoms with E-state index in [1.54, 1.807) is 30.9 Å². The van der Waals surface area contributed by atoms with E-state index in [9.17, 15) is 4.79 Å². The Labute approximate surface area is 139 Å². The van der Waals surface area contributed by atoms with Gasteiger partial charge in [0.2, 0.25) is 11.8 Å². The van der Waals surface area contributed by atoms with Crippen molar-refractivity contribution >= 4 is 5.91 Å². The molecule has 126 valence electrons. The Morgan fingerprint density at radius 3 is 3.08 bits per heavy atom. The Balaban J connectivity index is 1.31. The minimum atomic E-state index is -0.288. The van der Waals surface area contributed by atoms with Crippen LogP contribution in [0.4, 0.5) is 0 Å². The summed E-state index contributed by atoms with van der Waals surface area (Å²) in [5.74, 6) is 1.29. The second-order valence-corrected chi connectivity index (χ2v) is 6.31. The summed E-state index contributed by atoms with van der Waals surface area (Å²) in [6.07, 6.45) is 8.34. The predicted octanol–water partition coefficient (Wildman–Crippen LogP) is 1.45. The van der Waals surface area contributed by atoms with Gasteiger partial charge in [0.15, 0.2) is 0 Å². The summed E-state index contributed by atoms with van der Waals surface area (Å²) in [5, 5.41) is 0. The van der Waals surface area contributed by atoms with Crippen molar-refractivity contribution in [2.45, 2.75) is 31.0 Å². The highest BCUT2D eigenvalue weighted by atomic mass is 16.5. The van der Waals surface area contributed by atoms with Crippen LogP contribution in [0, 0.1) is 0 Å². The first-order valence-corrected chi connectivity index (χ1v) is 8.09. The third-order valence-corrected chi connectivity index (χ3v) is 4.49. The monoisotopic (exact) mass is 329 g/mol. The maximum Gasteiger partial charge on any atom is 0.232 e. The van der Waals surface area contributed by atoms with Gasteiger partial charge in [0, 0.05) is 25.2 Å². The van der Waals surface area contributed by atoms with E-state index in [-0.39, 0.29) is 17.6 Å². The quantitative estimate of drug-likeness (QED) is 0.845. The minimum absolute atomic E-state index is 0.0396. The molecule has 4 rings (SSSR count). The normalized spacial score (nSPS) is 22.2. The van der Waals surface area contributed by atoms with Crippen LogP contribution in [0.3, 0.4) is 0 Å². The Hall–Kier alpha value is -2.41. The van der Waals surface area contributed by atoms with Crippen LogP contribution in [-0.2, 0) is 16.0 Å². The van der Waals surface area contributed by atoms with Gasteiger partial charge in [-0.1, -0.05) is 0 Å². The average molecular weight is 329 g/mol. The van der Waals surface area contributed by atoms with E-state index in [1.807, 2.05) is 11.0 Å². The van der Waals surface area contributed by atoms with Crippen molar-refractivity contribution in [3.8, 4) is 5.88 Å². The molecule has 2 aliphatic rings. The molecule has 7 nitrogen and oxygen atoms in total. The zero-order valence-corrected chi connectivity index (χ0v) is 13.3. The van der Waals surface area contributed by atoms with Gasteiger partial charge in [0.1, 0.15) is 17.5 Å². The van der Waals surface area contributed by atoms with Crippen LogP contribution >= 0.6 is 0 Å². The molecule has 0 aliphatic carbocycles. The number of carbonyl (C=O) groups excluding carboxylic acids is 1. The molecule has 0 bridgehead atoms. The van der Waals surface area contributed by atoms with Crippen molar-refractivity contribution in [1.82, 2.24) is 14.9 Å². The van der Waals surface area contributed by atoms with Crippen LogP contribution in [-0.4, -0.2) is 52.2 Å². The fourth-order valence-corrected chi connectivity index (χ4v) is 3.32. The largest absolute Gasteiger partial charge is 0.473 e. The summed E-state index contributed by atoms with van der Waals surface area (Å²) in [6, 6.07) is 3.61. The molecule has 1 spiro atoms. The number of amides is 1. The van der Waals surface area contributed by atoms with Crippen molar-refractivity contribution in [3.63, 3.8) is 0 Å². The van der Waals surface area contributed by atoms with E-state index in [0.29, 0.717) is 37.8 Å². The molecule has 2 fully saturated rings. The fraction of sp³-hybridized carbons (Fsp3) is 0.471. The number of furan rings is 1. The fourth-order valence-electron chi connectivity index (χ4n) is 3.32. The van der Waals surface area contributed by atoms with Gasteiger partial charge >= 0.3 is 0 Å². The number of hydrogen-bond acceptors (Lipinski definition) is 6. The Morgan fingerprint density at radius 1 is 1.42 bits per heavy atom. The average Bonchev–Trinajstić information content (AvgIpc) is 3.06. The maximum absolute atomic E-state index is 12.3. The van der Waals surface area contributed by atoms with Gasteiger partial charge in [0.05, 0.1) is 38.6 Å². The Morgan fingerprint density at radius 2 is 2.33 bits per heavy atom. The van der Waals surface area contributed by atoms with E-state index in [0.717, 1.165) is 12.8 Å². The maximum atomic E-state index is 12.3. The molecule has 1 atom stereocenters. The molecule has 0 saturated carbocycles. The molecule has 2 aliphatic heterocycles. The molecule has 1 unspecified atom stereocenters. The van der Waals surface area contributed by atoms with Crippen molar-refractivity contribution in [2.75, 3.05) is 19.7 Å². The second-order valence-electron chi connectivity index (χ2n) is 6.31. The zero-order valence-electron chi connectivity index (χ0n) is 13.3. The number of ether oxygens (including phenoxy) is 2. The minimum Gasteiger partial charge on any atom is -0.473 e. The van der Waals surface area contributed by atoms with E-state index >= 15 is 0 Å². The molecule has 2 aromatic rings. The van der Waals surface area contributed by atoms with Crippen molar-refractivity contribution in [3.05, 3.63) is 42.7 Å².